The fourth-order valence-corrected chi connectivity index (χ4v) is 6.91. The van der Waals surface area contributed by atoms with Gasteiger partial charge in [0, 0.05) is 53.1 Å². The Morgan fingerprint density at radius 3 is 2.41 bits per heavy atom. The zero-order valence-corrected chi connectivity index (χ0v) is 26.9. The molecule has 1 saturated heterocycles. The number of nitrogens with zero attached hydrogens (tertiary/aromatic N) is 4. The number of piperazine rings is 1. The van der Waals surface area contributed by atoms with Crippen LogP contribution >= 0.6 is 23.2 Å². The summed E-state index contributed by atoms with van der Waals surface area (Å²) in [5, 5.41) is 10.7. The van der Waals surface area contributed by atoms with Gasteiger partial charge in [0.15, 0.2) is 0 Å². The SMILES string of the molecule is C=CC(=O)N1CCN(c2c(C#N)c(=O)n(C3C=CC=CC3C(C)C)c3cc(-c4cc(C(F)(F)F)cc(Cl)c4N)c(Cl)cc23)[C@@H](C)C1. The summed E-state index contributed by atoms with van der Waals surface area (Å²) >= 11 is 13.0. The molecule has 0 bridgehead atoms. The Labute approximate surface area is 274 Å². The molecule has 1 aromatic heterocycles. The lowest BCUT2D eigenvalue weighted by Gasteiger charge is -2.42. The number of allylic oxidation sites excluding steroid dienone is 4. The van der Waals surface area contributed by atoms with E-state index in [1.807, 2.05) is 50.0 Å². The number of nitriles is 1. The van der Waals surface area contributed by atoms with E-state index in [4.69, 9.17) is 28.9 Å². The van der Waals surface area contributed by atoms with Crippen LogP contribution in [0.15, 0.2) is 66.0 Å². The fraction of sp³-hybridized carbons (Fsp3) is 0.324. The Morgan fingerprint density at radius 1 is 1.11 bits per heavy atom. The number of nitrogen functional groups attached to an aromatic ring is 1. The lowest BCUT2D eigenvalue weighted by molar-refractivity contribution is -0.137. The number of hydrogen-bond acceptors (Lipinski definition) is 5. The molecule has 1 fully saturated rings. The summed E-state index contributed by atoms with van der Waals surface area (Å²) in [6.07, 6.45) is 4.12. The van der Waals surface area contributed by atoms with Gasteiger partial charge in [-0.05, 0) is 43.2 Å². The minimum absolute atomic E-state index is 0.0407. The molecule has 1 aliphatic carbocycles. The number of amides is 1. The van der Waals surface area contributed by atoms with Crippen LogP contribution in [-0.4, -0.2) is 41.1 Å². The van der Waals surface area contributed by atoms with Gasteiger partial charge in [-0.2, -0.15) is 18.4 Å². The molecule has 0 saturated carbocycles. The average molecular weight is 671 g/mol. The third-order valence-electron chi connectivity index (χ3n) is 8.74. The van der Waals surface area contributed by atoms with Gasteiger partial charge in [-0.3, -0.25) is 14.2 Å². The standard InChI is InChI=1S/C34H32Cl2F3N5O2/c1-5-30(45)42-10-11-43(19(4)17-42)32-24-14-26(35)22(23-12-20(34(37,38)39)13-27(36)31(23)41)15-29(24)44(33(46)25(32)16-40)28-9-7-6-8-21(28)18(2)3/h5-9,12-15,18-19,21,28H,1,10-11,17,41H2,2-4H3/t19-,21?,28?/m0/s1. The molecule has 2 N–H and O–H groups in total. The van der Waals surface area contributed by atoms with Crippen LogP contribution in [0.25, 0.3) is 22.0 Å². The number of pyridine rings is 1. The van der Waals surface area contributed by atoms with E-state index in [9.17, 15) is 28.0 Å². The molecule has 2 aliphatic rings. The molecule has 0 spiro atoms. The highest BCUT2D eigenvalue weighted by atomic mass is 35.5. The fourth-order valence-electron chi connectivity index (χ4n) is 6.43. The van der Waals surface area contributed by atoms with Gasteiger partial charge in [-0.25, -0.2) is 0 Å². The third-order valence-corrected chi connectivity index (χ3v) is 9.37. The highest BCUT2D eigenvalue weighted by Gasteiger charge is 2.35. The normalized spacial score (nSPS) is 20.0. The average Bonchev–Trinajstić information content (AvgIpc) is 3.01. The molecule has 3 atom stereocenters. The van der Waals surface area contributed by atoms with Crippen LogP contribution in [0.4, 0.5) is 24.5 Å². The molecule has 12 heteroatoms. The van der Waals surface area contributed by atoms with Crippen LogP contribution in [0.2, 0.25) is 10.0 Å². The summed E-state index contributed by atoms with van der Waals surface area (Å²) in [5.74, 6) is -0.268. The van der Waals surface area contributed by atoms with Crippen molar-refractivity contribution in [2.24, 2.45) is 11.8 Å². The number of alkyl halides is 3. The second-order valence-electron chi connectivity index (χ2n) is 11.9. The number of benzene rings is 2. The molecule has 2 heterocycles. The minimum atomic E-state index is -4.71. The van der Waals surface area contributed by atoms with Gasteiger partial charge in [-0.15, -0.1) is 0 Å². The van der Waals surface area contributed by atoms with Gasteiger partial charge in [0.1, 0.15) is 11.6 Å². The molecular weight excluding hydrogens is 638 g/mol. The Balaban J connectivity index is 1.86. The number of carbonyl (C=O) groups excluding carboxylic acids is 1. The van der Waals surface area contributed by atoms with Gasteiger partial charge in [0.2, 0.25) is 5.91 Å². The summed E-state index contributed by atoms with van der Waals surface area (Å²) in [5.41, 5.74) is 5.29. The van der Waals surface area contributed by atoms with Crippen molar-refractivity contribution in [2.45, 2.75) is 39.0 Å². The molecular formula is C34H32Cl2F3N5O2. The van der Waals surface area contributed by atoms with E-state index in [0.717, 1.165) is 12.1 Å². The number of anilines is 2. The van der Waals surface area contributed by atoms with Crippen LogP contribution in [0.1, 0.15) is 37.9 Å². The first-order valence-corrected chi connectivity index (χ1v) is 15.5. The van der Waals surface area contributed by atoms with Crippen LogP contribution < -0.4 is 16.2 Å². The number of rotatable bonds is 5. The number of halogens is 5. The largest absolute Gasteiger partial charge is 0.416 e. The number of aromatic nitrogens is 1. The Morgan fingerprint density at radius 2 is 1.80 bits per heavy atom. The quantitative estimate of drug-likeness (QED) is 0.223. The molecule has 0 radical (unpaired) electrons. The lowest BCUT2D eigenvalue weighted by atomic mass is 9.84. The molecule has 46 heavy (non-hydrogen) atoms. The molecule has 2 unspecified atom stereocenters. The van der Waals surface area contributed by atoms with E-state index in [1.165, 1.54) is 10.6 Å². The number of nitrogens with two attached hydrogens (primary N) is 1. The predicted molar refractivity (Wildman–Crippen MR) is 177 cm³/mol. The molecule has 1 aliphatic heterocycles. The molecule has 2 aromatic carbocycles. The summed E-state index contributed by atoms with van der Waals surface area (Å²) < 4.78 is 43.1. The topological polar surface area (TPSA) is 95.4 Å². The first kappa shape index (κ1) is 33.2. The lowest BCUT2D eigenvalue weighted by Crippen LogP contribution is -2.54. The van der Waals surface area contributed by atoms with Crippen LogP contribution in [-0.2, 0) is 11.0 Å². The van der Waals surface area contributed by atoms with Crippen molar-refractivity contribution < 1.29 is 18.0 Å². The summed E-state index contributed by atoms with van der Waals surface area (Å²) in [6, 6.07) is 6.07. The molecule has 5 rings (SSSR count). The second-order valence-corrected chi connectivity index (χ2v) is 12.7. The van der Waals surface area contributed by atoms with Crippen molar-refractivity contribution in [2.75, 3.05) is 30.3 Å². The number of carbonyl (C=O) groups is 1. The van der Waals surface area contributed by atoms with E-state index in [0.29, 0.717) is 36.2 Å². The van der Waals surface area contributed by atoms with E-state index in [1.54, 1.807) is 17.0 Å². The highest BCUT2D eigenvalue weighted by Crippen LogP contribution is 2.45. The molecule has 1 amide bonds. The minimum Gasteiger partial charge on any atom is -0.397 e. The highest BCUT2D eigenvalue weighted by molar-refractivity contribution is 6.36. The van der Waals surface area contributed by atoms with Gasteiger partial charge in [0.25, 0.3) is 5.56 Å². The maximum Gasteiger partial charge on any atom is 0.416 e. The van der Waals surface area contributed by atoms with E-state index < -0.39 is 23.3 Å². The second kappa shape index (κ2) is 12.5. The molecule has 240 valence electrons. The van der Waals surface area contributed by atoms with Gasteiger partial charge in [-0.1, -0.05) is 67.9 Å². The summed E-state index contributed by atoms with van der Waals surface area (Å²) in [6.45, 7) is 10.4. The number of fused-ring (bicyclic) bond motifs is 1. The van der Waals surface area contributed by atoms with Crippen molar-refractivity contribution in [3.05, 3.63) is 92.8 Å². The van der Waals surface area contributed by atoms with E-state index >= 15 is 0 Å². The van der Waals surface area contributed by atoms with Crippen molar-refractivity contribution in [1.29, 1.82) is 5.26 Å². The van der Waals surface area contributed by atoms with Crippen molar-refractivity contribution in [3.8, 4) is 17.2 Å². The Bertz CT molecular complexity index is 1910. The third kappa shape index (κ3) is 5.78. The maximum atomic E-state index is 14.5. The maximum absolute atomic E-state index is 14.5. The van der Waals surface area contributed by atoms with Crippen molar-refractivity contribution >= 4 is 51.4 Å². The summed E-state index contributed by atoms with van der Waals surface area (Å²) in [4.78, 5) is 30.4. The zero-order chi connectivity index (χ0) is 33.7. The zero-order valence-electron chi connectivity index (χ0n) is 25.4. The van der Waals surface area contributed by atoms with Crippen molar-refractivity contribution in [3.63, 3.8) is 0 Å². The monoisotopic (exact) mass is 669 g/mol. The smallest absolute Gasteiger partial charge is 0.397 e. The van der Waals surface area contributed by atoms with Crippen LogP contribution in [0.3, 0.4) is 0 Å². The first-order valence-electron chi connectivity index (χ1n) is 14.7. The van der Waals surface area contributed by atoms with Crippen LogP contribution in [0.5, 0.6) is 0 Å². The van der Waals surface area contributed by atoms with E-state index in [2.05, 4.69) is 12.6 Å². The van der Waals surface area contributed by atoms with Gasteiger partial charge in [0.05, 0.1) is 33.5 Å². The van der Waals surface area contributed by atoms with Gasteiger partial charge < -0.3 is 15.5 Å². The molecule has 3 aromatic rings. The predicted octanol–water partition coefficient (Wildman–Crippen LogP) is 7.61. The van der Waals surface area contributed by atoms with Crippen LogP contribution in [0, 0.1) is 23.2 Å². The first-order chi connectivity index (χ1) is 21.7. The Kier molecular flexibility index (Phi) is 9.04. The molecule has 7 nitrogen and oxygen atoms in total. The van der Waals surface area contributed by atoms with Gasteiger partial charge >= 0.3 is 6.18 Å². The summed E-state index contributed by atoms with van der Waals surface area (Å²) in [7, 11) is 0. The Hall–Kier alpha value is -4.20. The van der Waals surface area contributed by atoms with E-state index in [-0.39, 0.29) is 56.2 Å². The van der Waals surface area contributed by atoms with Crippen molar-refractivity contribution in [1.82, 2.24) is 9.47 Å². The number of hydrogen-bond donors (Lipinski definition) is 1.